The second-order valence-electron chi connectivity index (χ2n) is 6.43. The molecule has 0 radical (unpaired) electrons. The molecule has 0 aromatic heterocycles. The van der Waals surface area contributed by atoms with Gasteiger partial charge < -0.3 is 5.73 Å². The molecule has 1 saturated carbocycles. The molecule has 1 aliphatic carbocycles. The monoisotopic (exact) mass is 238 g/mol. The molecular weight excluding hydrogens is 208 g/mol. The van der Waals surface area contributed by atoms with Crippen LogP contribution in [0.2, 0.25) is 0 Å². The number of rotatable bonds is 4. The summed E-state index contributed by atoms with van der Waals surface area (Å²) in [6.07, 6.45) is 11.1. The normalized spacial score (nSPS) is 34.1. The zero-order valence-corrected chi connectivity index (χ0v) is 11.8. The van der Waals surface area contributed by atoms with Crippen LogP contribution in [0.3, 0.4) is 0 Å². The predicted octanol–water partition coefficient (Wildman–Crippen LogP) is 3.16. The second kappa shape index (κ2) is 5.71. The van der Waals surface area contributed by atoms with Gasteiger partial charge in [-0.15, -0.1) is 0 Å². The van der Waals surface area contributed by atoms with Gasteiger partial charge in [-0.05, 0) is 51.0 Å². The number of hydrogen-bond acceptors (Lipinski definition) is 2. The van der Waals surface area contributed by atoms with Crippen molar-refractivity contribution in [3.8, 4) is 0 Å². The fourth-order valence-electron chi connectivity index (χ4n) is 3.96. The highest BCUT2D eigenvalue weighted by molar-refractivity contribution is 4.92. The molecule has 2 N–H and O–H groups in total. The maximum Gasteiger partial charge on any atom is 0.00962 e. The van der Waals surface area contributed by atoms with Crippen molar-refractivity contribution in [2.45, 2.75) is 77.3 Å². The van der Waals surface area contributed by atoms with Crippen molar-refractivity contribution >= 4 is 0 Å². The highest BCUT2D eigenvalue weighted by Crippen LogP contribution is 2.39. The number of nitrogens with zero attached hydrogens (tertiary/aromatic N) is 1. The third kappa shape index (κ3) is 2.85. The van der Waals surface area contributed by atoms with Gasteiger partial charge in [0.15, 0.2) is 0 Å². The van der Waals surface area contributed by atoms with Gasteiger partial charge in [-0.1, -0.05) is 26.2 Å². The van der Waals surface area contributed by atoms with Crippen molar-refractivity contribution in [1.82, 2.24) is 4.90 Å². The Bertz CT molecular complexity index is 233. The van der Waals surface area contributed by atoms with Crippen molar-refractivity contribution in [2.24, 2.45) is 11.1 Å². The SMILES string of the molecule is CCC1CCC(C)N1CC1(CN)CCCCC1. The predicted molar refractivity (Wildman–Crippen MR) is 74.1 cm³/mol. The van der Waals surface area contributed by atoms with Gasteiger partial charge in [0.25, 0.3) is 0 Å². The van der Waals surface area contributed by atoms with Gasteiger partial charge in [0, 0.05) is 18.6 Å². The number of hydrogen-bond donors (Lipinski definition) is 1. The van der Waals surface area contributed by atoms with Crippen LogP contribution in [0.15, 0.2) is 0 Å². The van der Waals surface area contributed by atoms with Gasteiger partial charge in [-0.2, -0.15) is 0 Å². The van der Waals surface area contributed by atoms with Crippen molar-refractivity contribution < 1.29 is 0 Å². The topological polar surface area (TPSA) is 29.3 Å². The van der Waals surface area contributed by atoms with E-state index < -0.39 is 0 Å². The first-order valence-corrected chi connectivity index (χ1v) is 7.66. The standard InChI is InChI=1S/C15H30N2/c1-3-14-8-7-13(2)17(14)12-15(11-16)9-5-4-6-10-15/h13-14H,3-12,16H2,1-2H3. The van der Waals surface area contributed by atoms with E-state index in [0.717, 1.165) is 18.6 Å². The minimum Gasteiger partial charge on any atom is -0.330 e. The van der Waals surface area contributed by atoms with E-state index in [1.165, 1.54) is 57.9 Å². The van der Waals surface area contributed by atoms with E-state index in [1.54, 1.807) is 0 Å². The minimum absolute atomic E-state index is 0.449. The summed E-state index contributed by atoms with van der Waals surface area (Å²) in [6, 6.07) is 1.61. The zero-order chi connectivity index (χ0) is 12.3. The van der Waals surface area contributed by atoms with Crippen LogP contribution in [0.1, 0.15) is 65.2 Å². The molecule has 100 valence electrons. The molecule has 1 heterocycles. The fraction of sp³-hybridized carbons (Fsp3) is 1.00. The summed E-state index contributed by atoms with van der Waals surface area (Å²) >= 11 is 0. The smallest absolute Gasteiger partial charge is 0.00962 e. The highest BCUT2D eigenvalue weighted by atomic mass is 15.2. The minimum atomic E-state index is 0.449. The summed E-state index contributed by atoms with van der Waals surface area (Å²) in [6.45, 7) is 6.91. The first-order chi connectivity index (χ1) is 8.21. The first kappa shape index (κ1) is 13.4. The second-order valence-corrected chi connectivity index (χ2v) is 6.43. The molecule has 1 aliphatic heterocycles. The molecule has 0 aromatic carbocycles. The van der Waals surface area contributed by atoms with Crippen LogP contribution in [0.5, 0.6) is 0 Å². The van der Waals surface area contributed by atoms with Crippen LogP contribution in [0.25, 0.3) is 0 Å². The largest absolute Gasteiger partial charge is 0.330 e. The van der Waals surface area contributed by atoms with Gasteiger partial charge in [0.2, 0.25) is 0 Å². The molecule has 2 heteroatoms. The lowest BCUT2D eigenvalue weighted by Crippen LogP contribution is -2.47. The molecule has 2 atom stereocenters. The van der Waals surface area contributed by atoms with Crippen molar-refractivity contribution in [2.75, 3.05) is 13.1 Å². The van der Waals surface area contributed by atoms with Crippen LogP contribution >= 0.6 is 0 Å². The lowest BCUT2D eigenvalue weighted by Gasteiger charge is -2.42. The Morgan fingerprint density at radius 3 is 2.47 bits per heavy atom. The van der Waals surface area contributed by atoms with Crippen molar-refractivity contribution in [1.29, 1.82) is 0 Å². The quantitative estimate of drug-likeness (QED) is 0.815. The maximum absolute atomic E-state index is 6.12. The van der Waals surface area contributed by atoms with E-state index in [2.05, 4.69) is 18.7 Å². The van der Waals surface area contributed by atoms with E-state index in [9.17, 15) is 0 Å². The third-order valence-corrected chi connectivity index (χ3v) is 5.29. The van der Waals surface area contributed by atoms with Gasteiger partial charge in [-0.25, -0.2) is 0 Å². The summed E-state index contributed by atoms with van der Waals surface area (Å²) < 4.78 is 0. The Hall–Kier alpha value is -0.0800. The van der Waals surface area contributed by atoms with E-state index in [1.807, 2.05) is 0 Å². The molecule has 0 spiro atoms. The average Bonchev–Trinajstić information content (AvgIpc) is 2.72. The molecule has 1 saturated heterocycles. The molecule has 2 unspecified atom stereocenters. The molecule has 2 fully saturated rings. The Balaban J connectivity index is 2.01. The van der Waals surface area contributed by atoms with Gasteiger partial charge >= 0.3 is 0 Å². The molecule has 2 nitrogen and oxygen atoms in total. The first-order valence-electron chi connectivity index (χ1n) is 7.66. The molecule has 17 heavy (non-hydrogen) atoms. The Labute approximate surface area is 107 Å². The average molecular weight is 238 g/mol. The van der Waals surface area contributed by atoms with Gasteiger partial charge in [0.1, 0.15) is 0 Å². The Morgan fingerprint density at radius 1 is 1.18 bits per heavy atom. The molecule has 2 aliphatic rings. The summed E-state index contributed by atoms with van der Waals surface area (Å²) in [5, 5.41) is 0. The van der Waals surface area contributed by atoms with Gasteiger partial charge in [0.05, 0.1) is 0 Å². The van der Waals surface area contributed by atoms with Crippen LogP contribution in [-0.4, -0.2) is 30.1 Å². The molecule has 0 amide bonds. The molecule has 0 aromatic rings. The van der Waals surface area contributed by atoms with Crippen LogP contribution in [0.4, 0.5) is 0 Å². The number of nitrogens with two attached hydrogens (primary N) is 1. The molecule has 2 rings (SSSR count). The fourth-order valence-corrected chi connectivity index (χ4v) is 3.96. The van der Waals surface area contributed by atoms with Crippen molar-refractivity contribution in [3.05, 3.63) is 0 Å². The van der Waals surface area contributed by atoms with E-state index in [0.29, 0.717) is 5.41 Å². The summed E-state index contributed by atoms with van der Waals surface area (Å²) in [5.74, 6) is 0. The lowest BCUT2D eigenvalue weighted by atomic mass is 9.73. The molecular formula is C15H30N2. The summed E-state index contributed by atoms with van der Waals surface area (Å²) in [5.41, 5.74) is 6.57. The van der Waals surface area contributed by atoms with Crippen LogP contribution in [-0.2, 0) is 0 Å². The van der Waals surface area contributed by atoms with Gasteiger partial charge in [-0.3, -0.25) is 4.90 Å². The highest BCUT2D eigenvalue weighted by Gasteiger charge is 2.38. The Kier molecular flexibility index (Phi) is 4.48. The van der Waals surface area contributed by atoms with E-state index >= 15 is 0 Å². The third-order valence-electron chi connectivity index (χ3n) is 5.29. The van der Waals surface area contributed by atoms with Crippen molar-refractivity contribution in [3.63, 3.8) is 0 Å². The van der Waals surface area contributed by atoms with E-state index in [-0.39, 0.29) is 0 Å². The summed E-state index contributed by atoms with van der Waals surface area (Å²) in [7, 11) is 0. The van der Waals surface area contributed by atoms with Crippen LogP contribution in [0, 0.1) is 5.41 Å². The number of likely N-dealkylation sites (tertiary alicyclic amines) is 1. The summed E-state index contributed by atoms with van der Waals surface area (Å²) in [4.78, 5) is 2.78. The maximum atomic E-state index is 6.12. The van der Waals surface area contributed by atoms with Crippen LogP contribution < -0.4 is 5.73 Å². The zero-order valence-electron chi connectivity index (χ0n) is 11.8. The molecule has 0 bridgehead atoms. The Morgan fingerprint density at radius 2 is 1.88 bits per heavy atom. The lowest BCUT2D eigenvalue weighted by molar-refractivity contribution is 0.0803. The van der Waals surface area contributed by atoms with E-state index in [4.69, 9.17) is 5.73 Å².